The van der Waals surface area contributed by atoms with Crippen molar-refractivity contribution in [2.45, 2.75) is 45.1 Å². The van der Waals surface area contributed by atoms with E-state index in [9.17, 15) is 14.3 Å². The number of rotatable bonds is 6. The first kappa shape index (κ1) is 18.2. The number of aromatic nitrogens is 1. The van der Waals surface area contributed by atoms with Crippen LogP contribution in [0.3, 0.4) is 0 Å². The fourth-order valence-electron chi connectivity index (χ4n) is 3.55. The fraction of sp³-hybridized carbons (Fsp3) is 0.474. The second-order valence-electron chi connectivity index (χ2n) is 6.72. The third-order valence-electron chi connectivity index (χ3n) is 5.04. The van der Waals surface area contributed by atoms with Gasteiger partial charge in [-0.3, -0.25) is 0 Å². The minimum Gasteiger partial charge on any atom is -0.494 e. The van der Waals surface area contributed by atoms with Gasteiger partial charge in [-0.25, -0.2) is 9.18 Å². The summed E-state index contributed by atoms with van der Waals surface area (Å²) in [6.45, 7) is 2.04. The summed E-state index contributed by atoms with van der Waals surface area (Å²) >= 11 is 0. The second-order valence-corrected chi connectivity index (χ2v) is 6.72. The first-order chi connectivity index (χ1) is 12.5. The fourth-order valence-corrected chi connectivity index (χ4v) is 3.55. The maximum Gasteiger partial charge on any atom is 0.343 e. The van der Waals surface area contributed by atoms with Crippen LogP contribution >= 0.6 is 0 Å². The van der Waals surface area contributed by atoms with Crippen LogP contribution in [-0.2, 0) is 0 Å². The van der Waals surface area contributed by atoms with Crippen molar-refractivity contribution in [1.82, 2.24) is 5.16 Å². The number of nitrogens with one attached hydrogen (secondary N) is 1. The number of ether oxygens (including phenoxy) is 1. The predicted octanol–water partition coefficient (Wildman–Crippen LogP) is 4.57. The number of nitrogens with zero attached hydrogens (tertiary/aromatic N) is 1. The number of aromatic carboxylic acids is 1. The van der Waals surface area contributed by atoms with E-state index >= 15 is 0 Å². The van der Waals surface area contributed by atoms with Gasteiger partial charge in [0.15, 0.2) is 28.7 Å². The number of carboxylic acid groups (broad SMARTS) is 1. The summed E-state index contributed by atoms with van der Waals surface area (Å²) in [5.74, 6) is -0.903. The topological polar surface area (TPSA) is 84.6 Å². The SMILES string of the molecule is COc1cc(-c2onc(N[C@H](C)C3CCCCC3)c2C(=O)O)ccc1F. The molecule has 1 fully saturated rings. The number of halogens is 1. The molecule has 1 aliphatic rings. The van der Waals surface area contributed by atoms with Gasteiger partial charge in [-0.1, -0.05) is 24.4 Å². The normalized spacial score (nSPS) is 16.3. The van der Waals surface area contributed by atoms with Crippen LogP contribution in [-0.4, -0.2) is 29.4 Å². The highest BCUT2D eigenvalue weighted by molar-refractivity contribution is 5.99. The molecule has 1 aromatic carbocycles. The molecule has 0 radical (unpaired) electrons. The third kappa shape index (κ3) is 3.66. The van der Waals surface area contributed by atoms with E-state index in [1.54, 1.807) is 0 Å². The second kappa shape index (κ2) is 7.76. The van der Waals surface area contributed by atoms with Crippen molar-refractivity contribution >= 4 is 11.8 Å². The van der Waals surface area contributed by atoms with Crippen LogP contribution < -0.4 is 10.1 Å². The third-order valence-corrected chi connectivity index (χ3v) is 5.04. The van der Waals surface area contributed by atoms with E-state index in [1.165, 1.54) is 44.6 Å². The Morgan fingerprint density at radius 2 is 2.12 bits per heavy atom. The average molecular weight is 362 g/mol. The van der Waals surface area contributed by atoms with Crippen molar-refractivity contribution in [2.24, 2.45) is 5.92 Å². The summed E-state index contributed by atoms with van der Waals surface area (Å²) in [5, 5.41) is 16.8. The van der Waals surface area contributed by atoms with Crippen molar-refractivity contribution < 1.29 is 23.6 Å². The van der Waals surface area contributed by atoms with Gasteiger partial charge in [0.05, 0.1) is 7.11 Å². The van der Waals surface area contributed by atoms with Crippen molar-refractivity contribution in [3.8, 4) is 17.1 Å². The summed E-state index contributed by atoms with van der Waals surface area (Å²) < 4.78 is 23.9. The molecular weight excluding hydrogens is 339 g/mol. The summed E-state index contributed by atoms with van der Waals surface area (Å²) in [6.07, 6.45) is 5.89. The minimum atomic E-state index is -1.15. The highest BCUT2D eigenvalue weighted by atomic mass is 19.1. The van der Waals surface area contributed by atoms with Crippen molar-refractivity contribution in [3.63, 3.8) is 0 Å². The monoisotopic (exact) mass is 362 g/mol. The summed E-state index contributed by atoms with van der Waals surface area (Å²) in [7, 11) is 1.35. The van der Waals surface area contributed by atoms with Crippen LogP contribution in [0.25, 0.3) is 11.3 Å². The largest absolute Gasteiger partial charge is 0.494 e. The van der Waals surface area contributed by atoms with Crippen LogP contribution in [0.15, 0.2) is 22.7 Å². The van der Waals surface area contributed by atoms with Gasteiger partial charge in [0.25, 0.3) is 0 Å². The van der Waals surface area contributed by atoms with Gasteiger partial charge < -0.3 is 19.7 Å². The van der Waals surface area contributed by atoms with Gasteiger partial charge in [0.2, 0.25) is 0 Å². The Labute approximate surface area is 151 Å². The number of benzene rings is 1. The highest BCUT2D eigenvalue weighted by Crippen LogP contribution is 2.34. The van der Waals surface area contributed by atoms with E-state index in [0.29, 0.717) is 11.5 Å². The lowest BCUT2D eigenvalue weighted by atomic mass is 9.84. The summed E-state index contributed by atoms with van der Waals surface area (Å²) in [5.41, 5.74) is 0.341. The Morgan fingerprint density at radius 1 is 1.38 bits per heavy atom. The molecular formula is C19H23FN2O4. The average Bonchev–Trinajstić information content (AvgIpc) is 3.06. The highest BCUT2D eigenvalue weighted by Gasteiger charge is 2.27. The number of carboxylic acids is 1. The van der Waals surface area contributed by atoms with Crippen LogP contribution in [0.1, 0.15) is 49.4 Å². The zero-order valence-corrected chi connectivity index (χ0v) is 14.9. The quantitative estimate of drug-likeness (QED) is 0.783. The zero-order valence-electron chi connectivity index (χ0n) is 14.9. The van der Waals surface area contributed by atoms with Gasteiger partial charge in [0.1, 0.15) is 0 Å². The molecule has 1 aromatic heterocycles. The standard InChI is InChI=1S/C19H23FN2O4/c1-11(12-6-4-3-5-7-12)21-18-16(19(23)24)17(26-22-18)13-8-9-14(20)15(10-13)25-2/h8-12H,3-7H2,1-2H3,(H,21,22)(H,23,24)/t11-/m1/s1. The molecule has 0 amide bonds. The minimum absolute atomic E-state index is 0.0142. The smallest absolute Gasteiger partial charge is 0.343 e. The lowest BCUT2D eigenvalue weighted by molar-refractivity contribution is 0.0698. The van der Waals surface area contributed by atoms with E-state index in [1.807, 2.05) is 6.92 Å². The molecule has 1 saturated carbocycles. The molecule has 2 aromatic rings. The molecule has 140 valence electrons. The molecule has 3 rings (SSSR count). The van der Waals surface area contributed by atoms with Gasteiger partial charge in [0, 0.05) is 11.6 Å². The molecule has 0 bridgehead atoms. The molecule has 6 nitrogen and oxygen atoms in total. The molecule has 26 heavy (non-hydrogen) atoms. The maximum atomic E-state index is 13.6. The Balaban J connectivity index is 1.90. The van der Waals surface area contributed by atoms with E-state index in [4.69, 9.17) is 9.26 Å². The first-order valence-corrected chi connectivity index (χ1v) is 8.84. The van der Waals surface area contributed by atoms with Crippen molar-refractivity contribution in [3.05, 3.63) is 29.6 Å². The van der Waals surface area contributed by atoms with Crippen molar-refractivity contribution in [1.29, 1.82) is 0 Å². The van der Waals surface area contributed by atoms with E-state index in [0.717, 1.165) is 12.8 Å². The van der Waals surface area contributed by atoms with E-state index in [-0.39, 0.29) is 28.9 Å². The lowest BCUT2D eigenvalue weighted by Gasteiger charge is -2.28. The van der Waals surface area contributed by atoms with Gasteiger partial charge in [-0.2, -0.15) is 0 Å². The number of methoxy groups -OCH3 is 1. The van der Waals surface area contributed by atoms with Crippen molar-refractivity contribution in [2.75, 3.05) is 12.4 Å². The zero-order chi connectivity index (χ0) is 18.7. The van der Waals surface area contributed by atoms with Gasteiger partial charge in [-0.05, 0) is 43.9 Å². The molecule has 1 heterocycles. The predicted molar refractivity (Wildman–Crippen MR) is 95.1 cm³/mol. The lowest BCUT2D eigenvalue weighted by Crippen LogP contribution is -2.28. The first-order valence-electron chi connectivity index (χ1n) is 8.84. The Kier molecular flexibility index (Phi) is 5.44. The Morgan fingerprint density at radius 3 is 2.77 bits per heavy atom. The molecule has 0 unspecified atom stereocenters. The summed E-state index contributed by atoms with van der Waals surface area (Å²) in [6, 6.07) is 4.14. The molecule has 0 spiro atoms. The molecule has 2 N–H and O–H groups in total. The Bertz CT molecular complexity index is 784. The van der Waals surface area contributed by atoms with Gasteiger partial charge in [-0.15, -0.1) is 0 Å². The molecule has 1 aliphatic carbocycles. The van der Waals surface area contributed by atoms with Crippen LogP contribution in [0, 0.1) is 11.7 Å². The number of hydrogen-bond acceptors (Lipinski definition) is 5. The molecule has 0 aliphatic heterocycles. The van der Waals surface area contributed by atoms with E-state index in [2.05, 4.69) is 10.5 Å². The molecule has 1 atom stereocenters. The van der Waals surface area contributed by atoms with Crippen LogP contribution in [0.5, 0.6) is 5.75 Å². The Hall–Kier alpha value is -2.57. The van der Waals surface area contributed by atoms with Crippen LogP contribution in [0.2, 0.25) is 0 Å². The van der Waals surface area contributed by atoms with Crippen LogP contribution in [0.4, 0.5) is 10.2 Å². The number of anilines is 1. The van der Waals surface area contributed by atoms with Gasteiger partial charge >= 0.3 is 5.97 Å². The summed E-state index contributed by atoms with van der Waals surface area (Å²) in [4.78, 5) is 11.8. The van der Waals surface area contributed by atoms with E-state index < -0.39 is 11.8 Å². The number of carbonyl (C=O) groups is 1. The molecule has 0 saturated heterocycles. The number of hydrogen-bond donors (Lipinski definition) is 2. The molecule has 7 heteroatoms. The maximum absolute atomic E-state index is 13.6.